The fourth-order valence-corrected chi connectivity index (χ4v) is 4.28. The highest BCUT2D eigenvalue weighted by atomic mass is 79.9. The molecule has 0 saturated heterocycles. The Hall–Kier alpha value is 1.40. The van der Waals surface area contributed by atoms with Crippen LogP contribution in [0.5, 0.6) is 0 Å². The highest BCUT2D eigenvalue weighted by molar-refractivity contribution is 9.14. The Labute approximate surface area is 106 Å². The lowest BCUT2D eigenvalue weighted by molar-refractivity contribution is 0.805. The summed E-state index contributed by atoms with van der Waals surface area (Å²) in [5, 5.41) is 0. The van der Waals surface area contributed by atoms with E-state index in [1.54, 1.807) is 0 Å². The molecule has 0 bridgehead atoms. The normalized spacial score (nSPS) is 42.2. The van der Waals surface area contributed by atoms with Gasteiger partial charge in [-0.05, 0) is 5.57 Å². The van der Waals surface area contributed by atoms with E-state index < -0.39 is 0 Å². The average molecular weight is 424 g/mol. The second kappa shape index (κ2) is 4.76. The summed E-state index contributed by atoms with van der Waals surface area (Å²) in [6, 6.07) is 0. The summed E-state index contributed by atoms with van der Waals surface area (Å²) in [5.74, 6) is 0. The van der Waals surface area contributed by atoms with Gasteiger partial charge in [0, 0.05) is 14.5 Å². The molecular formula is C8H8Br4. The molecule has 0 nitrogen and oxygen atoms in total. The molecule has 0 heterocycles. The minimum absolute atomic E-state index is 0.341. The molecule has 0 saturated carbocycles. The first-order chi connectivity index (χ1) is 5.57. The molecule has 4 heteroatoms. The first kappa shape index (κ1) is 11.5. The highest BCUT2D eigenvalue weighted by Crippen LogP contribution is 2.37. The van der Waals surface area contributed by atoms with Crippen molar-refractivity contribution in [1.29, 1.82) is 0 Å². The quantitative estimate of drug-likeness (QED) is 0.555. The van der Waals surface area contributed by atoms with E-state index in [1.807, 2.05) is 6.08 Å². The summed E-state index contributed by atoms with van der Waals surface area (Å²) >= 11 is 14.4. The number of allylic oxidation sites excluding steroid dienone is 3. The number of hydrogen-bond donors (Lipinski definition) is 0. The van der Waals surface area contributed by atoms with Gasteiger partial charge in [-0.2, -0.15) is 0 Å². The lowest BCUT2D eigenvalue weighted by Gasteiger charge is -2.30. The predicted octanol–water partition coefficient (Wildman–Crippen LogP) is 4.17. The van der Waals surface area contributed by atoms with Crippen LogP contribution in [0.25, 0.3) is 0 Å². The second-order valence-electron chi connectivity index (χ2n) is 2.61. The van der Waals surface area contributed by atoms with E-state index >= 15 is 0 Å². The first-order valence-electron chi connectivity index (χ1n) is 3.48. The van der Waals surface area contributed by atoms with Crippen molar-refractivity contribution < 1.29 is 0 Å². The van der Waals surface area contributed by atoms with Crippen LogP contribution in [0.4, 0.5) is 0 Å². The van der Waals surface area contributed by atoms with E-state index in [0.29, 0.717) is 19.3 Å². The van der Waals surface area contributed by atoms with Gasteiger partial charge in [-0.3, -0.25) is 0 Å². The van der Waals surface area contributed by atoms with E-state index in [2.05, 4.69) is 76.4 Å². The molecule has 0 aliphatic heterocycles. The van der Waals surface area contributed by atoms with Gasteiger partial charge in [0.15, 0.2) is 0 Å². The molecule has 0 N–H and O–H groups in total. The molecule has 0 aromatic carbocycles. The van der Waals surface area contributed by atoms with Gasteiger partial charge >= 0.3 is 0 Å². The fourth-order valence-electron chi connectivity index (χ4n) is 1.07. The molecular weight excluding hydrogens is 416 g/mol. The van der Waals surface area contributed by atoms with Crippen LogP contribution in [-0.2, 0) is 0 Å². The van der Waals surface area contributed by atoms with E-state index in [-0.39, 0.29) is 0 Å². The van der Waals surface area contributed by atoms with Crippen molar-refractivity contribution in [3.8, 4) is 0 Å². The predicted molar refractivity (Wildman–Crippen MR) is 69.1 cm³/mol. The maximum absolute atomic E-state index is 3.77. The second-order valence-corrected chi connectivity index (χ2v) is 6.76. The summed E-state index contributed by atoms with van der Waals surface area (Å²) in [6.07, 6.45) is 4.06. The Bertz CT molecular complexity index is 211. The zero-order valence-electron chi connectivity index (χ0n) is 6.18. The van der Waals surface area contributed by atoms with Crippen LogP contribution in [-0.4, -0.2) is 19.3 Å². The first-order valence-corrected chi connectivity index (χ1v) is 7.14. The SMILES string of the molecule is C=CC1=CC(Br)C(Br)C(Br)C1Br. The van der Waals surface area contributed by atoms with Gasteiger partial charge in [-0.25, -0.2) is 0 Å². The molecule has 68 valence electrons. The smallest absolute Gasteiger partial charge is 0.0528 e. The zero-order valence-corrected chi connectivity index (χ0v) is 12.5. The van der Waals surface area contributed by atoms with Crippen LogP contribution in [0.2, 0.25) is 0 Å². The fraction of sp³-hybridized carbons (Fsp3) is 0.500. The van der Waals surface area contributed by atoms with Gasteiger partial charge in [0.05, 0.1) is 4.83 Å². The molecule has 0 aromatic rings. The summed E-state index contributed by atoms with van der Waals surface area (Å²) in [4.78, 5) is 1.50. The van der Waals surface area contributed by atoms with Gasteiger partial charge < -0.3 is 0 Å². The lowest BCUT2D eigenvalue weighted by Crippen LogP contribution is -2.35. The van der Waals surface area contributed by atoms with E-state index in [4.69, 9.17) is 0 Å². The molecule has 1 aliphatic rings. The monoisotopic (exact) mass is 420 g/mol. The third kappa shape index (κ3) is 2.25. The van der Waals surface area contributed by atoms with Crippen molar-refractivity contribution in [3.63, 3.8) is 0 Å². The van der Waals surface area contributed by atoms with Crippen LogP contribution in [0.1, 0.15) is 0 Å². The molecule has 1 aliphatic carbocycles. The topological polar surface area (TPSA) is 0 Å². The Morgan fingerprint density at radius 2 is 1.75 bits per heavy atom. The Kier molecular flexibility index (Phi) is 4.55. The van der Waals surface area contributed by atoms with Crippen LogP contribution < -0.4 is 0 Å². The number of halogens is 4. The standard InChI is InChI=1S/C8H8Br4/c1-2-4-3-5(9)7(11)8(12)6(4)10/h2-3,5-8H,1H2. The van der Waals surface area contributed by atoms with Crippen molar-refractivity contribution in [1.82, 2.24) is 0 Å². The number of hydrogen-bond acceptors (Lipinski definition) is 0. The number of alkyl halides is 4. The molecule has 0 amide bonds. The Balaban J connectivity index is 2.91. The van der Waals surface area contributed by atoms with Gasteiger partial charge in [-0.15, -0.1) is 0 Å². The molecule has 0 aromatic heterocycles. The van der Waals surface area contributed by atoms with Crippen molar-refractivity contribution in [2.75, 3.05) is 0 Å². The maximum atomic E-state index is 3.77. The minimum atomic E-state index is 0.341. The van der Waals surface area contributed by atoms with Crippen LogP contribution >= 0.6 is 63.7 Å². The minimum Gasteiger partial charge on any atom is -0.0988 e. The van der Waals surface area contributed by atoms with Crippen molar-refractivity contribution in [2.45, 2.75) is 19.3 Å². The van der Waals surface area contributed by atoms with Gasteiger partial charge in [0.25, 0.3) is 0 Å². The average Bonchev–Trinajstić information content (AvgIpc) is 2.08. The summed E-state index contributed by atoms with van der Waals surface area (Å²) in [7, 11) is 0. The molecule has 1 rings (SSSR count). The summed E-state index contributed by atoms with van der Waals surface area (Å²) < 4.78 is 0. The molecule has 12 heavy (non-hydrogen) atoms. The maximum Gasteiger partial charge on any atom is 0.0528 e. The lowest BCUT2D eigenvalue weighted by atomic mass is 9.99. The summed E-state index contributed by atoms with van der Waals surface area (Å²) in [5.41, 5.74) is 1.23. The molecule has 4 atom stereocenters. The van der Waals surface area contributed by atoms with E-state index in [1.165, 1.54) is 5.57 Å². The Morgan fingerprint density at radius 1 is 1.17 bits per heavy atom. The van der Waals surface area contributed by atoms with Crippen molar-refractivity contribution in [3.05, 3.63) is 24.3 Å². The molecule has 0 spiro atoms. The van der Waals surface area contributed by atoms with Gasteiger partial charge in [-0.1, -0.05) is 82.5 Å². The van der Waals surface area contributed by atoms with Crippen LogP contribution in [0.3, 0.4) is 0 Å². The van der Waals surface area contributed by atoms with E-state index in [9.17, 15) is 0 Å². The third-order valence-corrected chi connectivity index (χ3v) is 8.09. The molecule has 0 fully saturated rings. The van der Waals surface area contributed by atoms with Crippen molar-refractivity contribution in [2.24, 2.45) is 0 Å². The molecule has 0 radical (unpaired) electrons. The molecule has 4 unspecified atom stereocenters. The summed E-state index contributed by atoms with van der Waals surface area (Å²) in [6.45, 7) is 3.77. The Morgan fingerprint density at radius 3 is 2.25 bits per heavy atom. The van der Waals surface area contributed by atoms with Crippen molar-refractivity contribution >= 4 is 63.7 Å². The number of rotatable bonds is 1. The zero-order chi connectivity index (χ0) is 9.30. The third-order valence-electron chi connectivity index (χ3n) is 1.79. The largest absolute Gasteiger partial charge is 0.0988 e. The van der Waals surface area contributed by atoms with Gasteiger partial charge in [0.2, 0.25) is 0 Å². The van der Waals surface area contributed by atoms with Crippen LogP contribution in [0, 0.1) is 0 Å². The highest BCUT2D eigenvalue weighted by Gasteiger charge is 2.33. The van der Waals surface area contributed by atoms with E-state index in [0.717, 1.165) is 0 Å². The van der Waals surface area contributed by atoms with Crippen LogP contribution in [0.15, 0.2) is 24.3 Å². The van der Waals surface area contributed by atoms with Gasteiger partial charge in [0.1, 0.15) is 0 Å².